The summed E-state index contributed by atoms with van der Waals surface area (Å²) in [5.41, 5.74) is 3.64. The third kappa shape index (κ3) is 2.40. The second-order valence-corrected chi connectivity index (χ2v) is 5.27. The lowest BCUT2D eigenvalue weighted by molar-refractivity contribution is 0.894. The van der Waals surface area contributed by atoms with E-state index < -0.39 is 0 Å². The number of nitrogen functional groups attached to an aromatic ring is 1. The number of nitrogens with two attached hydrogens (primary N) is 1. The predicted molar refractivity (Wildman–Crippen MR) is 81.6 cm³/mol. The van der Waals surface area contributed by atoms with Crippen LogP contribution in [0.4, 0.5) is 11.8 Å². The van der Waals surface area contributed by atoms with E-state index in [1.54, 1.807) is 17.5 Å². The average Bonchev–Trinajstić information content (AvgIpc) is 2.95. The molecule has 0 bridgehead atoms. The standard InChI is InChI=1S/C13H14N6S/c1-19(8-9-3-2-5-15-7-9)11-10-4-6-20-12(10)17-13(16-11)18-14/h2-7H,8,14H2,1H3,(H,16,17,18). The summed E-state index contributed by atoms with van der Waals surface area (Å²) in [6, 6.07) is 5.99. The first-order chi connectivity index (χ1) is 9.78. The Kier molecular flexibility index (Phi) is 3.44. The van der Waals surface area contributed by atoms with E-state index >= 15 is 0 Å². The Morgan fingerprint density at radius 2 is 2.25 bits per heavy atom. The minimum absolute atomic E-state index is 0.424. The second-order valence-electron chi connectivity index (χ2n) is 4.37. The van der Waals surface area contributed by atoms with E-state index in [0.29, 0.717) is 5.95 Å². The van der Waals surface area contributed by atoms with Crippen molar-refractivity contribution in [3.05, 3.63) is 41.5 Å². The Morgan fingerprint density at radius 1 is 1.35 bits per heavy atom. The molecular formula is C13H14N6S. The Labute approximate surface area is 120 Å². The van der Waals surface area contributed by atoms with Gasteiger partial charge in [-0.2, -0.15) is 4.98 Å². The van der Waals surface area contributed by atoms with Crippen LogP contribution in [0.15, 0.2) is 36.0 Å². The molecule has 0 saturated heterocycles. The molecule has 3 N–H and O–H groups in total. The smallest absolute Gasteiger partial charge is 0.240 e. The fraction of sp³-hybridized carbons (Fsp3) is 0.154. The maximum atomic E-state index is 5.43. The first-order valence-corrected chi connectivity index (χ1v) is 6.98. The van der Waals surface area contributed by atoms with Crippen molar-refractivity contribution in [3.63, 3.8) is 0 Å². The van der Waals surface area contributed by atoms with Gasteiger partial charge in [0.25, 0.3) is 0 Å². The number of nitrogens with zero attached hydrogens (tertiary/aromatic N) is 4. The molecule has 3 aromatic rings. The van der Waals surface area contributed by atoms with Gasteiger partial charge in [-0.05, 0) is 23.1 Å². The van der Waals surface area contributed by atoms with Gasteiger partial charge in [0.05, 0.1) is 5.39 Å². The number of hydrazine groups is 1. The van der Waals surface area contributed by atoms with Crippen LogP contribution in [0.1, 0.15) is 5.56 Å². The zero-order valence-electron chi connectivity index (χ0n) is 10.9. The van der Waals surface area contributed by atoms with Gasteiger partial charge in [0.2, 0.25) is 5.95 Å². The number of hydrogen-bond acceptors (Lipinski definition) is 7. The molecule has 0 atom stereocenters. The van der Waals surface area contributed by atoms with Gasteiger partial charge < -0.3 is 4.90 Å². The van der Waals surface area contributed by atoms with Crippen molar-refractivity contribution in [2.24, 2.45) is 5.84 Å². The zero-order valence-corrected chi connectivity index (χ0v) is 11.8. The van der Waals surface area contributed by atoms with Gasteiger partial charge in [-0.15, -0.1) is 11.3 Å². The van der Waals surface area contributed by atoms with Gasteiger partial charge in [0, 0.05) is 26.0 Å². The molecule has 3 rings (SSSR count). The quantitative estimate of drug-likeness (QED) is 0.564. The van der Waals surface area contributed by atoms with Crippen molar-refractivity contribution in [1.82, 2.24) is 15.0 Å². The fourth-order valence-electron chi connectivity index (χ4n) is 2.04. The van der Waals surface area contributed by atoms with Gasteiger partial charge in [-0.25, -0.2) is 10.8 Å². The van der Waals surface area contributed by atoms with Crippen molar-refractivity contribution in [2.75, 3.05) is 17.4 Å². The summed E-state index contributed by atoms with van der Waals surface area (Å²) in [7, 11) is 1.99. The number of pyridine rings is 1. The van der Waals surface area contributed by atoms with E-state index in [1.165, 1.54) is 0 Å². The number of anilines is 2. The Hall–Kier alpha value is -2.25. The number of aromatic nitrogens is 3. The zero-order chi connectivity index (χ0) is 13.9. The van der Waals surface area contributed by atoms with Gasteiger partial charge >= 0.3 is 0 Å². The largest absolute Gasteiger partial charge is 0.355 e. The summed E-state index contributed by atoms with van der Waals surface area (Å²) in [6.07, 6.45) is 3.62. The first-order valence-electron chi connectivity index (χ1n) is 6.10. The molecule has 6 nitrogen and oxygen atoms in total. The van der Waals surface area contributed by atoms with E-state index in [2.05, 4.69) is 25.3 Å². The molecule has 0 amide bonds. The van der Waals surface area contributed by atoms with E-state index in [1.807, 2.05) is 36.8 Å². The molecule has 0 fully saturated rings. The fourth-order valence-corrected chi connectivity index (χ4v) is 2.79. The van der Waals surface area contributed by atoms with Crippen molar-refractivity contribution < 1.29 is 0 Å². The Balaban J connectivity index is 1.98. The maximum absolute atomic E-state index is 5.43. The first kappa shape index (κ1) is 12.8. The van der Waals surface area contributed by atoms with Crippen LogP contribution in [0.5, 0.6) is 0 Å². The number of nitrogens with one attached hydrogen (secondary N) is 1. The average molecular weight is 286 g/mol. The van der Waals surface area contributed by atoms with Gasteiger partial charge in [-0.1, -0.05) is 6.07 Å². The Morgan fingerprint density at radius 3 is 3.00 bits per heavy atom. The van der Waals surface area contributed by atoms with Crippen LogP contribution in [0.3, 0.4) is 0 Å². The van der Waals surface area contributed by atoms with Crippen LogP contribution in [0.2, 0.25) is 0 Å². The van der Waals surface area contributed by atoms with Crippen LogP contribution in [0.25, 0.3) is 10.2 Å². The third-order valence-corrected chi connectivity index (χ3v) is 3.74. The molecule has 3 aromatic heterocycles. The maximum Gasteiger partial charge on any atom is 0.240 e. The van der Waals surface area contributed by atoms with Crippen LogP contribution in [-0.4, -0.2) is 22.0 Å². The molecule has 3 heterocycles. The lowest BCUT2D eigenvalue weighted by atomic mass is 10.2. The molecule has 0 saturated carbocycles. The second kappa shape index (κ2) is 5.40. The number of fused-ring (bicyclic) bond motifs is 1. The van der Waals surface area contributed by atoms with E-state index in [0.717, 1.165) is 28.1 Å². The number of hydrogen-bond donors (Lipinski definition) is 2. The minimum Gasteiger partial charge on any atom is -0.355 e. The molecular weight excluding hydrogens is 272 g/mol. The highest BCUT2D eigenvalue weighted by Gasteiger charge is 2.12. The summed E-state index contributed by atoms with van der Waals surface area (Å²) in [6.45, 7) is 0.722. The molecule has 0 spiro atoms. The molecule has 0 aromatic carbocycles. The summed E-state index contributed by atoms with van der Waals surface area (Å²) in [4.78, 5) is 15.9. The van der Waals surface area contributed by atoms with Crippen LogP contribution in [-0.2, 0) is 6.54 Å². The van der Waals surface area contributed by atoms with Crippen LogP contribution >= 0.6 is 11.3 Å². The molecule has 20 heavy (non-hydrogen) atoms. The molecule has 0 aliphatic carbocycles. The monoisotopic (exact) mass is 286 g/mol. The topological polar surface area (TPSA) is 80.0 Å². The van der Waals surface area contributed by atoms with Gasteiger partial charge in [0.15, 0.2) is 0 Å². The molecule has 7 heteroatoms. The van der Waals surface area contributed by atoms with Crippen molar-refractivity contribution in [1.29, 1.82) is 0 Å². The third-order valence-electron chi connectivity index (χ3n) is 2.94. The van der Waals surface area contributed by atoms with E-state index in [-0.39, 0.29) is 0 Å². The van der Waals surface area contributed by atoms with Crippen molar-refractivity contribution in [3.8, 4) is 0 Å². The lowest BCUT2D eigenvalue weighted by Gasteiger charge is -2.19. The SMILES string of the molecule is CN(Cc1cccnc1)c1nc(NN)nc2sccc12. The number of thiophene rings is 1. The summed E-state index contributed by atoms with van der Waals surface area (Å²) in [5, 5.41) is 3.03. The molecule has 0 aliphatic heterocycles. The molecule has 0 unspecified atom stereocenters. The van der Waals surface area contributed by atoms with Gasteiger partial charge in [-0.3, -0.25) is 10.4 Å². The molecule has 0 aliphatic rings. The van der Waals surface area contributed by atoms with E-state index in [4.69, 9.17) is 5.84 Å². The highest BCUT2D eigenvalue weighted by Crippen LogP contribution is 2.28. The van der Waals surface area contributed by atoms with Gasteiger partial charge in [0.1, 0.15) is 10.6 Å². The Bertz CT molecular complexity index is 711. The van der Waals surface area contributed by atoms with Crippen molar-refractivity contribution >= 4 is 33.3 Å². The normalized spacial score (nSPS) is 10.7. The van der Waals surface area contributed by atoms with E-state index in [9.17, 15) is 0 Å². The summed E-state index contributed by atoms with van der Waals surface area (Å²) < 4.78 is 0. The number of rotatable bonds is 4. The van der Waals surface area contributed by atoms with Crippen molar-refractivity contribution in [2.45, 2.75) is 6.54 Å². The summed E-state index contributed by atoms with van der Waals surface area (Å²) >= 11 is 1.57. The lowest BCUT2D eigenvalue weighted by Crippen LogP contribution is -2.20. The highest BCUT2D eigenvalue weighted by molar-refractivity contribution is 7.16. The highest BCUT2D eigenvalue weighted by atomic mass is 32.1. The molecule has 0 radical (unpaired) electrons. The van der Waals surface area contributed by atoms with Crippen LogP contribution < -0.4 is 16.2 Å². The summed E-state index contributed by atoms with van der Waals surface area (Å²) in [5.74, 6) is 6.71. The predicted octanol–water partition coefficient (Wildman–Crippen LogP) is 2.01. The minimum atomic E-state index is 0.424. The van der Waals surface area contributed by atoms with Crippen LogP contribution in [0, 0.1) is 0 Å². The molecule has 102 valence electrons.